The molecule has 1 saturated heterocycles. The molecule has 0 aromatic carbocycles. The minimum absolute atomic E-state index is 0.0212. The Morgan fingerprint density at radius 3 is 2.33 bits per heavy atom. The van der Waals surface area contributed by atoms with E-state index in [4.69, 9.17) is 5.11 Å². The highest BCUT2D eigenvalue weighted by Gasteiger charge is 2.38. The fraction of sp³-hybridized carbons (Fsp3) is 0.867. The Labute approximate surface area is 125 Å². The van der Waals surface area contributed by atoms with Crippen LogP contribution in [0.1, 0.15) is 32.1 Å². The molecule has 1 saturated carbocycles. The fourth-order valence-electron chi connectivity index (χ4n) is 3.51. The molecule has 2 N–H and O–H groups in total. The fourth-order valence-corrected chi connectivity index (χ4v) is 3.51. The molecule has 21 heavy (non-hydrogen) atoms. The van der Waals surface area contributed by atoms with Crippen LogP contribution in [0.15, 0.2) is 0 Å². The quantitative estimate of drug-likeness (QED) is 0.785. The molecule has 6 nitrogen and oxygen atoms in total. The normalized spacial score (nSPS) is 28.1. The lowest BCUT2D eigenvalue weighted by molar-refractivity contribution is -0.152. The van der Waals surface area contributed by atoms with Crippen LogP contribution in [-0.4, -0.2) is 71.2 Å². The van der Waals surface area contributed by atoms with Crippen molar-refractivity contribution in [1.82, 2.24) is 9.80 Å². The molecule has 2 fully saturated rings. The highest BCUT2D eigenvalue weighted by Crippen LogP contribution is 2.32. The van der Waals surface area contributed by atoms with E-state index in [-0.39, 0.29) is 18.4 Å². The molecule has 2 atom stereocenters. The number of carbonyl (C=O) groups excluding carboxylic acids is 1. The monoisotopic (exact) mass is 298 g/mol. The van der Waals surface area contributed by atoms with Gasteiger partial charge in [-0.15, -0.1) is 0 Å². The lowest BCUT2D eigenvalue weighted by Crippen LogP contribution is -2.44. The Kier molecular flexibility index (Phi) is 5.99. The average molecular weight is 298 g/mol. The van der Waals surface area contributed by atoms with Gasteiger partial charge in [-0.25, -0.2) is 0 Å². The van der Waals surface area contributed by atoms with Crippen molar-refractivity contribution in [2.75, 3.05) is 39.3 Å². The summed E-state index contributed by atoms with van der Waals surface area (Å²) in [6.07, 6.45) is 4.06. The minimum Gasteiger partial charge on any atom is -0.481 e. The Bertz CT molecular complexity index is 375. The first-order valence-corrected chi connectivity index (χ1v) is 7.98. The van der Waals surface area contributed by atoms with Crippen molar-refractivity contribution >= 4 is 11.9 Å². The third-order valence-corrected chi connectivity index (χ3v) is 4.72. The molecule has 2 aliphatic rings. The molecule has 1 aliphatic heterocycles. The van der Waals surface area contributed by atoms with Gasteiger partial charge in [0.25, 0.3) is 0 Å². The SMILES string of the molecule is O=C(O)[C@H]1CCCC[C@H]1C(=O)N1CCCN(CCO)CC1. The van der Waals surface area contributed by atoms with Gasteiger partial charge in [-0.05, 0) is 25.8 Å². The van der Waals surface area contributed by atoms with Crippen molar-refractivity contribution in [2.24, 2.45) is 11.8 Å². The van der Waals surface area contributed by atoms with Gasteiger partial charge in [-0.2, -0.15) is 0 Å². The van der Waals surface area contributed by atoms with E-state index in [9.17, 15) is 14.7 Å². The van der Waals surface area contributed by atoms with Gasteiger partial charge in [0.2, 0.25) is 5.91 Å². The molecule has 6 heteroatoms. The zero-order chi connectivity index (χ0) is 15.2. The van der Waals surface area contributed by atoms with Crippen LogP contribution in [0.5, 0.6) is 0 Å². The van der Waals surface area contributed by atoms with Gasteiger partial charge >= 0.3 is 5.97 Å². The third-order valence-electron chi connectivity index (χ3n) is 4.72. The molecule has 1 heterocycles. The standard InChI is InChI=1S/C15H26N2O4/c18-11-10-16-6-3-7-17(9-8-16)14(19)12-4-1-2-5-13(12)15(20)21/h12-13,18H,1-11H2,(H,20,21)/t12-,13+/m1/s1. The van der Waals surface area contributed by atoms with Crippen LogP contribution in [0.4, 0.5) is 0 Å². The molecule has 1 amide bonds. The Morgan fingerprint density at radius 2 is 1.67 bits per heavy atom. The van der Waals surface area contributed by atoms with Crippen molar-refractivity contribution in [1.29, 1.82) is 0 Å². The summed E-state index contributed by atoms with van der Waals surface area (Å²) in [5, 5.41) is 18.3. The van der Waals surface area contributed by atoms with Crippen LogP contribution < -0.4 is 0 Å². The van der Waals surface area contributed by atoms with Gasteiger partial charge in [0, 0.05) is 26.2 Å². The average Bonchev–Trinajstić information content (AvgIpc) is 2.72. The predicted octanol–water partition coefficient (Wildman–Crippen LogP) is 0.404. The molecule has 1 aliphatic carbocycles. The smallest absolute Gasteiger partial charge is 0.307 e. The number of β-amino-alcohol motifs (C(OH)–C–C–N with tert-alkyl or cyclic N) is 1. The van der Waals surface area contributed by atoms with Crippen LogP contribution in [0.2, 0.25) is 0 Å². The number of rotatable bonds is 4. The maximum absolute atomic E-state index is 12.7. The zero-order valence-electron chi connectivity index (χ0n) is 12.5. The summed E-state index contributed by atoms with van der Waals surface area (Å²) in [7, 11) is 0. The summed E-state index contributed by atoms with van der Waals surface area (Å²) in [4.78, 5) is 28.0. The van der Waals surface area contributed by atoms with E-state index in [1.807, 2.05) is 4.90 Å². The van der Waals surface area contributed by atoms with Gasteiger partial charge in [-0.1, -0.05) is 12.8 Å². The number of nitrogens with zero attached hydrogens (tertiary/aromatic N) is 2. The molecule has 0 aromatic rings. The van der Waals surface area contributed by atoms with Gasteiger partial charge in [0.05, 0.1) is 18.4 Å². The van der Waals surface area contributed by atoms with Crippen LogP contribution in [0, 0.1) is 11.8 Å². The topological polar surface area (TPSA) is 81.1 Å². The maximum atomic E-state index is 12.7. The lowest BCUT2D eigenvalue weighted by Gasteiger charge is -2.32. The number of aliphatic carboxylic acids is 1. The summed E-state index contributed by atoms with van der Waals surface area (Å²) in [5.41, 5.74) is 0. The molecule has 0 spiro atoms. The number of aliphatic hydroxyl groups is 1. The lowest BCUT2D eigenvalue weighted by atomic mass is 9.78. The van der Waals surface area contributed by atoms with Gasteiger partial charge in [0.1, 0.15) is 0 Å². The van der Waals surface area contributed by atoms with Gasteiger partial charge in [0.15, 0.2) is 0 Å². The summed E-state index contributed by atoms with van der Waals surface area (Å²) in [6, 6.07) is 0. The second-order valence-electron chi connectivity index (χ2n) is 6.08. The molecule has 0 unspecified atom stereocenters. The highest BCUT2D eigenvalue weighted by atomic mass is 16.4. The van der Waals surface area contributed by atoms with Crippen molar-refractivity contribution < 1.29 is 19.8 Å². The molecule has 0 aromatic heterocycles. The third kappa shape index (κ3) is 4.17. The van der Waals surface area contributed by atoms with E-state index in [0.717, 1.165) is 32.4 Å². The molecule has 120 valence electrons. The zero-order valence-corrected chi connectivity index (χ0v) is 12.5. The second-order valence-corrected chi connectivity index (χ2v) is 6.08. The van der Waals surface area contributed by atoms with Crippen LogP contribution >= 0.6 is 0 Å². The Balaban J connectivity index is 1.96. The van der Waals surface area contributed by atoms with E-state index in [0.29, 0.717) is 32.5 Å². The van der Waals surface area contributed by atoms with E-state index >= 15 is 0 Å². The summed E-state index contributed by atoms with van der Waals surface area (Å²) < 4.78 is 0. The van der Waals surface area contributed by atoms with E-state index in [1.54, 1.807) is 0 Å². The molecular formula is C15H26N2O4. The van der Waals surface area contributed by atoms with Crippen molar-refractivity contribution in [3.63, 3.8) is 0 Å². The number of aliphatic hydroxyl groups excluding tert-OH is 1. The van der Waals surface area contributed by atoms with Gasteiger partial charge < -0.3 is 15.1 Å². The number of carbonyl (C=O) groups is 2. The molecule has 0 radical (unpaired) electrons. The highest BCUT2D eigenvalue weighted by molar-refractivity contribution is 5.85. The molecule has 0 bridgehead atoms. The van der Waals surface area contributed by atoms with E-state index < -0.39 is 11.9 Å². The molecular weight excluding hydrogens is 272 g/mol. The predicted molar refractivity (Wildman–Crippen MR) is 77.8 cm³/mol. The van der Waals surface area contributed by atoms with Crippen LogP contribution in [0.25, 0.3) is 0 Å². The van der Waals surface area contributed by atoms with E-state index in [1.165, 1.54) is 0 Å². The first kappa shape index (κ1) is 16.2. The maximum Gasteiger partial charge on any atom is 0.307 e. The van der Waals surface area contributed by atoms with Crippen molar-refractivity contribution in [3.8, 4) is 0 Å². The second kappa shape index (κ2) is 7.75. The first-order chi connectivity index (χ1) is 10.1. The number of hydrogen-bond donors (Lipinski definition) is 2. The molecule has 2 rings (SSSR count). The van der Waals surface area contributed by atoms with Gasteiger partial charge in [-0.3, -0.25) is 14.5 Å². The van der Waals surface area contributed by atoms with Crippen molar-refractivity contribution in [3.05, 3.63) is 0 Å². The number of hydrogen-bond acceptors (Lipinski definition) is 4. The number of carboxylic acids is 1. The Hall–Kier alpha value is -1.14. The van der Waals surface area contributed by atoms with Crippen LogP contribution in [-0.2, 0) is 9.59 Å². The number of carboxylic acid groups (broad SMARTS) is 1. The number of amides is 1. The summed E-state index contributed by atoms with van der Waals surface area (Å²) in [6.45, 7) is 3.76. The summed E-state index contributed by atoms with van der Waals surface area (Å²) in [5.74, 6) is -1.67. The first-order valence-electron chi connectivity index (χ1n) is 7.98. The Morgan fingerprint density at radius 1 is 0.952 bits per heavy atom. The summed E-state index contributed by atoms with van der Waals surface area (Å²) >= 11 is 0. The van der Waals surface area contributed by atoms with E-state index in [2.05, 4.69) is 4.90 Å². The van der Waals surface area contributed by atoms with Crippen LogP contribution in [0.3, 0.4) is 0 Å². The van der Waals surface area contributed by atoms with Crippen molar-refractivity contribution in [2.45, 2.75) is 32.1 Å². The minimum atomic E-state index is -0.829. The largest absolute Gasteiger partial charge is 0.481 e.